The normalized spacial score (nSPS) is 17.8. The zero-order chi connectivity index (χ0) is 19.0. The second-order valence-corrected chi connectivity index (χ2v) is 9.38. The number of thiazole rings is 1. The molecule has 6 nitrogen and oxygen atoms in total. The molecule has 0 saturated carbocycles. The summed E-state index contributed by atoms with van der Waals surface area (Å²) < 4.78 is 7.44. The Hall–Kier alpha value is -1.96. The summed E-state index contributed by atoms with van der Waals surface area (Å²) in [5.74, 6) is -0.0346. The first-order valence-electron chi connectivity index (χ1n) is 9.39. The molecule has 1 unspecified atom stereocenters. The molecular formula is C20H26N4O2S. The van der Waals surface area contributed by atoms with Gasteiger partial charge in [-0.2, -0.15) is 0 Å². The predicted molar refractivity (Wildman–Crippen MR) is 108 cm³/mol. The fourth-order valence-corrected chi connectivity index (χ4v) is 4.07. The van der Waals surface area contributed by atoms with E-state index in [-0.39, 0.29) is 11.3 Å². The van der Waals surface area contributed by atoms with Crippen LogP contribution >= 0.6 is 11.3 Å². The molecule has 3 heterocycles. The van der Waals surface area contributed by atoms with Crippen LogP contribution in [0.15, 0.2) is 24.4 Å². The third-order valence-corrected chi connectivity index (χ3v) is 5.68. The number of rotatable bonds is 5. The highest BCUT2D eigenvalue weighted by Crippen LogP contribution is 2.25. The van der Waals surface area contributed by atoms with Crippen LogP contribution in [0.5, 0.6) is 0 Å². The first kappa shape index (κ1) is 18.4. The molecule has 27 heavy (non-hydrogen) atoms. The number of hydrogen-bond acceptors (Lipinski definition) is 5. The Kier molecular flexibility index (Phi) is 4.92. The molecule has 0 bridgehead atoms. The standard InChI is InChI=1S/C20H26N4O2S/c1-20(2,3)12-22-18(25)17-10-24-16-8-13(9-21-14-6-7-26-11-14)4-5-15(16)23-19(24)27-17/h4-5,8,10,14,21H,6-7,9,11-12H2,1-3H3,(H,22,25). The topological polar surface area (TPSA) is 67.7 Å². The van der Waals surface area contributed by atoms with Gasteiger partial charge in [-0.15, -0.1) is 0 Å². The molecule has 1 fully saturated rings. The highest BCUT2D eigenvalue weighted by molar-refractivity contribution is 7.18. The molecule has 1 aromatic carbocycles. The van der Waals surface area contributed by atoms with Crippen LogP contribution in [0, 0.1) is 5.41 Å². The quantitative estimate of drug-likeness (QED) is 0.707. The number of nitrogens with one attached hydrogen (secondary N) is 2. The van der Waals surface area contributed by atoms with E-state index < -0.39 is 0 Å². The third kappa shape index (κ3) is 4.15. The zero-order valence-corrected chi connectivity index (χ0v) is 16.9. The minimum absolute atomic E-state index is 0.0346. The minimum Gasteiger partial charge on any atom is -0.380 e. The van der Waals surface area contributed by atoms with Crippen LogP contribution < -0.4 is 10.6 Å². The van der Waals surface area contributed by atoms with Crippen molar-refractivity contribution in [2.24, 2.45) is 5.41 Å². The van der Waals surface area contributed by atoms with Gasteiger partial charge >= 0.3 is 0 Å². The van der Waals surface area contributed by atoms with Crippen molar-refractivity contribution in [3.8, 4) is 0 Å². The Balaban J connectivity index is 1.54. The SMILES string of the molecule is CC(C)(C)CNC(=O)c1cn2c(nc3ccc(CNC4CCOC4)cc32)s1. The highest BCUT2D eigenvalue weighted by Gasteiger charge is 2.18. The fourth-order valence-electron chi connectivity index (χ4n) is 3.16. The van der Waals surface area contributed by atoms with E-state index in [9.17, 15) is 4.79 Å². The van der Waals surface area contributed by atoms with Gasteiger partial charge in [0.15, 0.2) is 4.96 Å². The van der Waals surface area contributed by atoms with Gasteiger partial charge in [-0.3, -0.25) is 9.20 Å². The number of fused-ring (bicyclic) bond motifs is 3. The average Bonchev–Trinajstić information content (AvgIpc) is 3.33. The van der Waals surface area contributed by atoms with E-state index in [1.54, 1.807) is 0 Å². The van der Waals surface area contributed by atoms with Gasteiger partial charge in [-0.05, 0) is 29.5 Å². The number of amides is 1. The van der Waals surface area contributed by atoms with Crippen molar-refractivity contribution in [3.63, 3.8) is 0 Å². The second-order valence-electron chi connectivity index (χ2n) is 8.37. The van der Waals surface area contributed by atoms with E-state index in [2.05, 4.69) is 54.6 Å². The Morgan fingerprint density at radius 1 is 1.41 bits per heavy atom. The molecule has 1 saturated heterocycles. The van der Waals surface area contributed by atoms with E-state index in [1.165, 1.54) is 16.9 Å². The molecular weight excluding hydrogens is 360 g/mol. The van der Waals surface area contributed by atoms with Gasteiger partial charge in [0.1, 0.15) is 4.88 Å². The van der Waals surface area contributed by atoms with Gasteiger partial charge in [0.2, 0.25) is 0 Å². The van der Waals surface area contributed by atoms with Gasteiger partial charge in [-0.1, -0.05) is 38.2 Å². The molecule has 1 atom stereocenters. The smallest absolute Gasteiger partial charge is 0.263 e. The first-order valence-corrected chi connectivity index (χ1v) is 10.2. The van der Waals surface area contributed by atoms with E-state index in [0.717, 1.165) is 42.2 Å². The predicted octanol–water partition coefficient (Wildman–Crippen LogP) is 3.20. The summed E-state index contributed by atoms with van der Waals surface area (Å²) >= 11 is 1.43. The van der Waals surface area contributed by atoms with Crippen molar-refractivity contribution in [3.05, 3.63) is 34.8 Å². The summed E-state index contributed by atoms with van der Waals surface area (Å²) in [5, 5.41) is 6.55. The number of imidazole rings is 1. The zero-order valence-electron chi connectivity index (χ0n) is 16.0. The lowest BCUT2D eigenvalue weighted by atomic mass is 9.97. The Morgan fingerprint density at radius 2 is 2.26 bits per heavy atom. The monoisotopic (exact) mass is 386 g/mol. The van der Waals surface area contributed by atoms with E-state index in [4.69, 9.17) is 4.74 Å². The number of nitrogens with zero attached hydrogens (tertiary/aromatic N) is 2. The maximum absolute atomic E-state index is 12.4. The minimum atomic E-state index is -0.0346. The summed E-state index contributed by atoms with van der Waals surface area (Å²) in [5.41, 5.74) is 3.27. The van der Waals surface area contributed by atoms with E-state index in [0.29, 0.717) is 17.5 Å². The number of carbonyl (C=O) groups excluding carboxylic acids is 1. The lowest BCUT2D eigenvalue weighted by Crippen LogP contribution is -2.31. The summed E-state index contributed by atoms with van der Waals surface area (Å²) in [6.45, 7) is 9.40. The molecule has 0 aliphatic carbocycles. The Bertz CT molecular complexity index is 964. The van der Waals surface area contributed by atoms with Crippen molar-refractivity contribution in [1.82, 2.24) is 20.0 Å². The molecule has 1 aliphatic heterocycles. The molecule has 2 N–H and O–H groups in total. The number of hydrogen-bond donors (Lipinski definition) is 2. The van der Waals surface area contributed by atoms with E-state index >= 15 is 0 Å². The molecule has 0 radical (unpaired) electrons. The van der Waals surface area contributed by atoms with Crippen molar-refractivity contribution in [1.29, 1.82) is 0 Å². The van der Waals surface area contributed by atoms with Gasteiger partial charge < -0.3 is 15.4 Å². The number of carbonyl (C=O) groups is 1. The van der Waals surface area contributed by atoms with Gasteiger partial charge in [0.05, 0.1) is 17.6 Å². The molecule has 3 aromatic rings. The highest BCUT2D eigenvalue weighted by atomic mass is 32.1. The molecule has 144 valence electrons. The van der Waals surface area contributed by atoms with Crippen molar-refractivity contribution >= 4 is 33.2 Å². The molecule has 7 heteroatoms. The maximum atomic E-state index is 12.4. The van der Waals surface area contributed by atoms with Crippen LogP contribution in [0.2, 0.25) is 0 Å². The van der Waals surface area contributed by atoms with Crippen LogP contribution in [-0.4, -0.2) is 41.1 Å². The van der Waals surface area contributed by atoms with Crippen molar-refractivity contribution in [2.75, 3.05) is 19.8 Å². The van der Waals surface area contributed by atoms with Crippen LogP contribution in [0.3, 0.4) is 0 Å². The Labute approximate surface area is 162 Å². The van der Waals surface area contributed by atoms with Crippen LogP contribution in [0.1, 0.15) is 42.4 Å². The molecule has 4 rings (SSSR count). The summed E-state index contributed by atoms with van der Waals surface area (Å²) in [4.78, 5) is 18.7. The van der Waals surface area contributed by atoms with Gasteiger partial charge in [-0.25, -0.2) is 4.98 Å². The second kappa shape index (κ2) is 7.22. The summed E-state index contributed by atoms with van der Waals surface area (Å²) in [7, 11) is 0. The first-order chi connectivity index (χ1) is 12.9. The molecule has 1 aliphatic rings. The van der Waals surface area contributed by atoms with Crippen LogP contribution in [0.25, 0.3) is 16.0 Å². The number of benzene rings is 1. The van der Waals surface area contributed by atoms with Crippen LogP contribution in [-0.2, 0) is 11.3 Å². The summed E-state index contributed by atoms with van der Waals surface area (Å²) in [6.07, 6.45) is 2.96. The van der Waals surface area contributed by atoms with Gasteiger partial charge in [0.25, 0.3) is 5.91 Å². The summed E-state index contributed by atoms with van der Waals surface area (Å²) in [6, 6.07) is 6.75. The largest absolute Gasteiger partial charge is 0.380 e. The maximum Gasteiger partial charge on any atom is 0.263 e. The van der Waals surface area contributed by atoms with Crippen molar-refractivity contribution in [2.45, 2.75) is 39.8 Å². The third-order valence-electron chi connectivity index (χ3n) is 4.70. The van der Waals surface area contributed by atoms with E-state index in [1.807, 2.05) is 10.6 Å². The molecule has 1 amide bonds. The molecule has 0 spiro atoms. The van der Waals surface area contributed by atoms with Crippen molar-refractivity contribution < 1.29 is 9.53 Å². The lowest BCUT2D eigenvalue weighted by Gasteiger charge is -2.18. The fraction of sp³-hybridized carbons (Fsp3) is 0.500. The number of ether oxygens (including phenoxy) is 1. The van der Waals surface area contributed by atoms with Crippen LogP contribution in [0.4, 0.5) is 0 Å². The average molecular weight is 387 g/mol. The van der Waals surface area contributed by atoms with Gasteiger partial charge in [0, 0.05) is 31.9 Å². The lowest BCUT2D eigenvalue weighted by molar-refractivity contribution is 0.0943. The molecule has 2 aromatic heterocycles. The number of aromatic nitrogens is 2. The Morgan fingerprint density at radius 3 is 3.00 bits per heavy atom.